The lowest BCUT2D eigenvalue weighted by Crippen LogP contribution is -2.30. The first-order valence-electron chi connectivity index (χ1n) is 16.6. The number of nitrogens with one attached hydrogen (secondary N) is 1. The molecule has 3 N–H and O–H groups in total. The molecule has 2 aromatic rings. The van der Waals surface area contributed by atoms with Gasteiger partial charge in [-0.1, -0.05) is 72.8 Å². The van der Waals surface area contributed by atoms with Crippen LogP contribution in [-0.2, 0) is 17.7 Å². The normalized spacial score (nSPS) is 22.7. The maximum Gasteiger partial charge on any atom is 0.0937 e. The molecule has 0 bridgehead atoms. The molecule has 2 aromatic carbocycles. The molecular weight excluding hydrogens is 538 g/mol. The molecule has 0 saturated carbocycles. The molecule has 44 heavy (non-hydrogen) atoms. The van der Waals surface area contributed by atoms with Gasteiger partial charge in [0.1, 0.15) is 0 Å². The molecule has 0 radical (unpaired) electrons. The standard InChI is InChI=1S/C40H45N3O/c41-37-15-7-9-17-39(37)43(33-12-4-5-13-33)27-30-20-18-29(19-21-30)26-36-34(23-22-31-24-25-44-28-31)35-14-6-8-16-38(35)42-40(36)32-10-2-1-3-11-32/h1-4,8,10-13,16,18-21,24-25,31,40,42H,5-7,9,14-15,17,22-23,26-28,41H2. The number of allylic oxidation sites excluding steroid dienone is 9. The highest BCUT2D eigenvalue weighted by Crippen LogP contribution is 2.42. The van der Waals surface area contributed by atoms with Crippen LogP contribution in [0.2, 0.25) is 0 Å². The maximum absolute atomic E-state index is 6.57. The summed E-state index contributed by atoms with van der Waals surface area (Å²) in [6, 6.07) is 20.6. The number of nitrogens with zero attached hydrogens (tertiary/aromatic N) is 1. The lowest BCUT2D eigenvalue weighted by Gasteiger charge is -2.36. The van der Waals surface area contributed by atoms with E-state index < -0.39 is 0 Å². The molecule has 0 spiro atoms. The molecule has 2 heterocycles. The Bertz CT molecular complexity index is 1570. The summed E-state index contributed by atoms with van der Waals surface area (Å²) in [7, 11) is 0. The Hall–Kier alpha value is -4.18. The summed E-state index contributed by atoms with van der Waals surface area (Å²) < 4.78 is 5.58. The van der Waals surface area contributed by atoms with Gasteiger partial charge in [-0.05, 0) is 116 Å². The highest BCUT2D eigenvalue weighted by molar-refractivity contribution is 5.52. The average molecular weight is 584 g/mol. The van der Waals surface area contributed by atoms with Crippen molar-refractivity contribution >= 4 is 0 Å². The molecule has 4 nitrogen and oxygen atoms in total. The molecular formula is C40H45N3O. The van der Waals surface area contributed by atoms with E-state index in [4.69, 9.17) is 10.5 Å². The highest BCUT2D eigenvalue weighted by atomic mass is 16.5. The minimum Gasteiger partial charge on any atom is -0.501 e. The Balaban J connectivity index is 1.19. The van der Waals surface area contributed by atoms with Gasteiger partial charge in [0.2, 0.25) is 0 Å². The van der Waals surface area contributed by atoms with E-state index in [1.165, 1.54) is 57.8 Å². The number of dihydropyridines is 1. The van der Waals surface area contributed by atoms with Crippen molar-refractivity contribution in [1.29, 1.82) is 0 Å². The SMILES string of the molecule is NC1=C(N(Cc2ccc(CC3=C(CCC4C=COC4)C4=C(C=CCC4)NC3c3ccccc3)cc2)C2=CCC=C2)CCCC1. The molecule has 226 valence electrons. The lowest BCUT2D eigenvalue weighted by atomic mass is 9.78. The Morgan fingerprint density at radius 1 is 0.909 bits per heavy atom. The van der Waals surface area contributed by atoms with E-state index in [0.29, 0.717) is 5.92 Å². The first-order valence-corrected chi connectivity index (χ1v) is 16.6. The van der Waals surface area contributed by atoms with Gasteiger partial charge >= 0.3 is 0 Å². The van der Waals surface area contributed by atoms with Crippen LogP contribution in [0.3, 0.4) is 0 Å². The first kappa shape index (κ1) is 28.6. The van der Waals surface area contributed by atoms with Crippen LogP contribution in [0.1, 0.15) is 80.5 Å². The largest absolute Gasteiger partial charge is 0.501 e. The van der Waals surface area contributed by atoms with Gasteiger partial charge < -0.3 is 20.7 Å². The van der Waals surface area contributed by atoms with Crippen molar-refractivity contribution in [3.05, 3.63) is 154 Å². The van der Waals surface area contributed by atoms with E-state index in [-0.39, 0.29) is 6.04 Å². The second kappa shape index (κ2) is 13.2. The van der Waals surface area contributed by atoms with Gasteiger partial charge in [-0.25, -0.2) is 0 Å². The third-order valence-corrected chi connectivity index (χ3v) is 9.85. The van der Waals surface area contributed by atoms with Crippen molar-refractivity contribution in [2.75, 3.05) is 6.61 Å². The summed E-state index contributed by atoms with van der Waals surface area (Å²) in [5, 5.41) is 3.97. The fourth-order valence-corrected chi connectivity index (χ4v) is 7.46. The van der Waals surface area contributed by atoms with Crippen LogP contribution < -0.4 is 11.1 Å². The molecule has 2 aliphatic heterocycles. The molecule has 2 atom stereocenters. The fraction of sp³-hybridized carbons (Fsp3) is 0.350. The van der Waals surface area contributed by atoms with Crippen LogP contribution in [-0.4, -0.2) is 11.5 Å². The molecule has 5 aliphatic rings. The van der Waals surface area contributed by atoms with Crippen molar-refractivity contribution in [3.63, 3.8) is 0 Å². The van der Waals surface area contributed by atoms with Crippen LogP contribution in [0.25, 0.3) is 0 Å². The minimum absolute atomic E-state index is 0.167. The smallest absolute Gasteiger partial charge is 0.0937 e. The summed E-state index contributed by atoms with van der Waals surface area (Å²) in [5.74, 6) is 0.498. The molecule has 2 unspecified atom stereocenters. The number of benzene rings is 2. The topological polar surface area (TPSA) is 50.5 Å². The number of hydrogen-bond donors (Lipinski definition) is 2. The zero-order chi connectivity index (χ0) is 29.7. The predicted molar refractivity (Wildman–Crippen MR) is 180 cm³/mol. The van der Waals surface area contributed by atoms with Gasteiger partial charge in [0.05, 0.1) is 18.9 Å². The van der Waals surface area contributed by atoms with Crippen LogP contribution in [0.4, 0.5) is 0 Å². The van der Waals surface area contributed by atoms with Gasteiger partial charge in [-0.3, -0.25) is 0 Å². The van der Waals surface area contributed by atoms with Gasteiger partial charge in [0, 0.05) is 35.3 Å². The third kappa shape index (κ3) is 6.22. The van der Waals surface area contributed by atoms with E-state index in [9.17, 15) is 0 Å². The van der Waals surface area contributed by atoms with E-state index >= 15 is 0 Å². The monoisotopic (exact) mass is 583 g/mol. The number of nitrogens with two attached hydrogens (primary N) is 1. The summed E-state index contributed by atoms with van der Waals surface area (Å²) >= 11 is 0. The van der Waals surface area contributed by atoms with Gasteiger partial charge in [-0.15, -0.1) is 0 Å². The second-order valence-corrected chi connectivity index (χ2v) is 12.8. The van der Waals surface area contributed by atoms with Crippen LogP contribution >= 0.6 is 0 Å². The van der Waals surface area contributed by atoms with E-state index in [2.05, 4.69) is 101 Å². The number of rotatable bonds is 10. The van der Waals surface area contributed by atoms with Crippen molar-refractivity contribution in [3.8, 4) is 0 Å². The Kier molecular flexibility index (Phi) is 8.58. The zero-order valence-electron chi connectivity index (χ0n) is 25.8. The van der Waals surface area contributed by atoms with Crippen LogP contribution in [0, 0.1) is 5.92 Å². The van der Waals surface area contributed by atoms with Crippen LogP contribution in [0.5, 0.6) is 0 Å². The summed E-state index contributed by atoms with van der Waals surface area (Å²) in [5.41, 5.74) is 20.2. The Labute approximate surface area is 263 Å². The number of hydrogen-bond acceptors (Lipinski definition) is 4. The number of ether oxygens (including phenoxy) is 1. The van der Waals surface area contributed by atoms with Crippen molar-refractivity contribution in [1.82, 2.24) is 10.2 Å². The Morgan fingerprint density at radius 2 is 1.75 bits per heavy atom. The fourth-order valence-electron chi connectivity index (χ4n) is 7.46. The van der Waals surface area contributed by atoms with Gasteiger partial charge in [0.15, 0.2) is 0 Å². The minimum atomic E-state index is 0.167. The summed E-state index contributed by atoms with van der Waals surface area (Å²) in [6.45, 7) is 1.66. The van der Waals surface area contributed by atoms with E-state index in [0.717, 1.165) is 70.2 Å². The molecule has 0 amide bonds. The van der Waals surface area contributed by atoms with E-state index in [1.54, 1.807) is 5.57 Å². The summed E-state index contributed by atoms with van der Waals surface area (Å²) in [6.07, 6.45) is 26.4. The van der Waals surface area contributed by atoms with Crippen molar-refractivity contribution in [2.24, 2.45) is 11.7 Å². The highest BCUT2D eigenvalue weighted by Gasteiger charge is 2.30. The molecule has 0 saturated heterocycles. The van der Waals surface area contributed by atoms with Crippen molar-refractivity contribution < 1.29 is 4.74 Å². The van der Waals surface area contributed by atoms with Gasteiger partial charge in [0.25, 0.3) is 0 Å². The molecule has 4 heteroatoms. The van der Waals surface area contributed by atoms with Gasteiger partial charge in [-0.2, -0.15) is 0 Å². The zero-order valence-corrected chi connectivity index (χ0v) is 25.8. The second-order valence-electron chi connectivity index (χ2n) is 12.8. The predicted octanol–water partition coefficient (Wildman–Crippen LogP) is 8.80. The average Bonchev–Trinajstić information content (AvgIpc) is 3.80. The van der Waals surface area contributed by atoms with E-state index in [1.807, 2.05) is 6.26 Å². The quantitative estimate of drug-likeness (QED) is 0.293. The first-order chi connectivity index (χ1) is 21.7. The molecule has 0 aromatic heterocycles. The molecule has 0 fully saturated rings. The molecule has 3 aliphatic carbocycles. The third-order valence-electron chi connectivity index (χ3n) is 9.85. The maximum atomic E-state index is 6.57. The lowest BCUT2D eigenvalue weighted by molar-refractivity contribution is 0.244. The Morgan fingerprint density at radius 3 is 2.52 bits per heavy atom. The van der Waals surface area contributed by atoms with Crippen molar-refractivity contribution in [2.45, 2.75) is 76.8 Å². The van der Waals surface area contributed by atoms with Crippen LogP contribution in [0.15, 0.2) is 137 Å². The molecule has 7 rings (SSSR count). The summed E-state index contributed by atoms with van der Waals surface area (Å²) in [4.78, 5) is 2.47.